The van der Waals surface area contributed by atoms with Crippen molar-refractivity contribution in [2.45, 2.75) is 6.54 Å². The second-order valence-corrected chi connectivity index (χ2v) is 5.47. The first-order chi connectivity index (χ1) is 9.76. The van der Waals surface area contributed by atoms with Gasteiger partial charge in [0.25, 0.3) is 0 Å². The minimum Gasteiger partial charge on any atom is -0.338 e. The number of nitrogens with one attached hydrogen (secondary N) is 1. The molecule has 0 aliphatic heterocycles. The summed E-state index contributed by atoms with van der Waals surface area (Å²) in [6.07, 6.45) is 1.86. The number of aromatic nitrogens is 2. The maximum atomic E-state index is 5.60. The van der Waals surface area contributed by atoms with Gasteiger partial charge in [-0.1, -0.05) is 52.3 Å². The second kappa shape index (κ2) is 5.61. The highest BCUT2D eigenvalue weighted by Gasteiger charge is 2.05. The minimum atomic E-state index is 0.558. The Bertz CT molecular complexity index is 699. The molecular weight excluding hydrogens is 314 g/mol. The molecule has 3 rings (SSSR count). The van der Waals surface area contributed by atoms with Gasteiger partial charge in [0, 0.05) is 16.6 Å². The third-order valence-corrected chi connectivity index (χ3v) is 3.72. The van der Waals surface area contributed by atoms with Crippen LogP contribution in [0.5, 0.6) is 0 Å². The second-order valence-electron chi connectivity index (χ2n) is 4.55. The largest absolute Gasteiger partial charge is 0.338 e. The standard InChI is InChI=1S/C16H14BrN3/c17-14-7-5-12(6-8-14)15-10-19-16(20-15)13-3-1-11(9-18)2-4-13/h1-8,10H,9,18H2,(H,19,20). The molecule has 0 bridgehead atoms. The number of hydrogen-bond acceptors (Lipinski definition) is 2. The van der Waals surface area contributed by atoms with Crippen molar-refractivity contribution < 1.29 is 0 Å². The lowest BCUT2D eigenvalue weighted by Crippen LogP contribution is -1.95. The Morgan fingerprint density at radius 2 is 1.60 bits per heavy atom. The van der Waals surface area contributed by atoms with Crippen molar-refractivity contribution in [3.05, 3.63) is 64.8 Å². The van der Waals surface area contributed by atoms with Crippen molar-refractivity contribution in [3.63, 3.8) is 0 Å². The van der Waals surface area contributed by atoms with Gasteiger partial charge in [-0.3, -0.25) is 0 Å². The van der Waals surface area contributed by atoms with Crippen LogP contribution < -0.4 is 5.73 Å². The Balaban J connectivity index is 1.91. The number of benzene rings is 2. The van der Waals surface area contributed by atoms with Gasteiger partial charge in [0.1, 0.15) is 5.82 Å². The van der Waals surface area contributed by atoms with Crippen LogP contribution in [0.4, 0.5) is 0 Å². The van der Waals surface area contributed by atoms with Crippen LogP contribution in [-0.4, -0.2) is 9.97 Å². The van der Waals surface area contributed by atoms with E-state index in [9.17, 15) is 0 Å². The lowest BCUT2D eigenvalue weighted by molar-refractivity contribution is 1.07. The van der Waals surface area contributed by atoms with E-state index in [1.807, 2.05) is 42.6 Å². The van der Waals surface area contributed by atoms with Crippen LogP contribution in [0.1, 0.15) is 5.56 Å². The first-order valence-electron chi connectivity index (χ1n) is 6.36. The van der Waals surface area contributed by atoms with Gasteiger partial charge in [0.05, 0.1) is 11.9 Å². The monoisotopic (exact) mass is 327 g/mol. The predicted molar refractivity (Wildman–Crippen MR) is 85.1 cm³/mol. The molecule has 0 saturated carbocycles. The van der Waals surface area contributed by atoms with Gasteiger partial charge in [0.2, 0.25) is 0 Å². The van der Waals surface area contributed by atoms with E-state index in [-0.39, 0.29) is 0 Å². The van der Waals surface area contributed by atoms with Gasteiger partial charge in [-0.25, -0.2) is 4.98 Å². The van der Waals surface area contributed by atoms with Crippen molar-refractivity contribution in [2.24, 2.45) is 5.73 Å². The van der Waals surface area contributed by atoms with Crippen molar-refractivity contribution in [1.29, 1.82) is 0 Å². The lowest BCUT2D eigenvalue weighted by Gasteiger charge is -2.00. The molecular formula is C16H14BrN3. The number of imidazole rings is 1. The van der Waals surface area contributed by atoms with E-state index >= 15 is 0 Å². The first-order valence-corrected chi connectivity index (χ1v) is 7.16. The molecule has 0 saturated heterocycles. The normalized spacial score (nSPS) is 10.7. The van der Waals surface area contributed by atoms with Crippen molar-refractivity contribution in [1.82, 2.24) is 9.97 Å². The van der Waals surface area contributed by atoms with Crippen LogP contribution in [0.2, 0.25) is 0 Å². The van der Waals surface area contributed by atoms with Crippen LogP contribution in [0.15, 0.2) is 59.2 Å². The molecule has 0 fully saturated rings. The summed E-state index contributed by atoms with van der Waals surface area (Å²) in [7, 11) is 0. The van der Waals surface area contributed by atoms with Crippen LogP contribution in [0.3, 0.4) is 0 Å². The number of hydrogen-bond donors (Lipinski definition) is 2. The molecule has 3 N–H and O–H groups in total. The summed E-state index contributed by atoms with van der Waals surface area (Å²) < 4.78 is 1.07. The van der Waals surface area contributed by atoms with Crippen LogP contribution in [0, 0.1) is 0 Å². The summed E-state index contributed by atoms with van der Waals surface area (Å²) >= 11 is 3.44. The Morgan fingerprint density at radius 3 is 2.25 bits per heavy atom. The molecule has 0 atom stereocenters. The summed E-state index contributed by atoms with van der Waals surface area (Å²) in [6, 6.07) is 16.3. The molecule has 100 valence electrons. The fourth-order valence-electron chi connectivity index (χ4n) is 2.04. The molecule has 0 radical (unpaired) electrons. The quantitative estimate of drug-likeness (QED) is 0.764. The van der Waals surface area contributed by atoms with Crippen molar-refractivity contribution in [2.75, 3.05) is 0 Å². The number of halogens is 1. The first kappa shape index (κ1) is 13.1. The third kappa shape index (κ3) is 2.66. The highest BCUT2D eigenvalue weighted by Crippen LogP contribution is 2.23. The third-order valence-electron chi connectivity index (χ3n) is 3.19. The van der Waals surface area contributed by atoms with E-state index in [1.165, 1.54) is 0 Å². The van der Waals surface area contributed by atoms with Gasteiger partial charge < -0.3 is 10.7 Å². The van der Waals surface area contributed by atoms with Crippen LogP contribution >= 0.6 is 15.9 Å². The van der Waals surface area contributed by atoms with E-state index in [2.05, 4.69) is 38.0 Å². The average Bonchev–Trinajstić information content (AvgIpc) is 2.98. The molecule has 1 heterocycles. The maximum Gasteiger partial charge on any atom is 0.137 e. The molecule has 0 spiro atoms. The number of nitrogens with two attached hydrogens (primary N) is 1. The summed E-state index contributed by atoms with van der Waals surface area (Å²) in [5.41, 5.74) is 9.91. The van der Waals surface area contributed by atoms with Gasteiger partial charge in [-0.2, -0.15) is 0 Å². The molecule has 3 nitrogen and oxygen atoms in total. The number of nitrogens with zero attached hydrogens (tertiary/aromatic N) is 1. The lowest BCUT2D eigenvalue weighted by atomic mass is 10.1. The van der Waals surface area contributed by atoms with Gasteiger partial charge in [0.15, 0.2) is 0 Å². The Kier molecular flexibility index (Phi) is 3.67. The van der Waals surface area contributed by atoms with E-state index in [0.29, 0.717) is 6.54 Å². The molecule has 20 heavy (non-hydrogen) atoms. The van der Waals surface area contributed by atoms with Gasteiger partial charge >= 0.3 is 0 Å². The highest BCUT2D eigenvalue weighted by atomic mass is 79.9. The molecule has 3 aromatic rings. The summed E-state index contributed by atoms with van der Waals surface area (Å²) in [4.78, 5) is 7.79. The smallest absolute Gasteiger partial charge is 0.137 e. The van der Waals surface area contributed by atoms with Crippen molar-refractivity contribution in [3.8, 4) is 22.6 Å². The zero-order valence-corrected chi connectivity index (χ0v) is 12.4. The molecule has 0 unspecified atom stereocenters. The van der Waals surface area contributed by atoms with E-state index in [0.717, 1.165) is 32.7 Å². The zero-order chi connectivity index (χ0) is 13.9. The minimum absolute atomic E-state index is 0.558. The van der Waals surface area contributed by atoms with Crippen molar-refractivity contribution >= 4 is 15.9 Å². The Hall–Kier alpha value is -1.91. The van der Waals surface area contributed by atoms with Crippen LogP contribution in [-0.2, 0) is 6.54 Å². The van der Waals surface area contributed by atoms with E-state index in [1.54, 1.807) is 0 Å². The van der Waals surface area contributed by atoms with E-state index in [4.69, 9.17) is 5.73 Å². The molecule has 0 amide bonds. The summed E-state index contributed by atoms with van der Waals surface area (Å²) in [5, 5.41) is 0. The molecule has 2 aromatic carbocycles. The average molecular weight is 328 g/mol. The fourth-order valence-corrected chi connectivity index (χ4v) is 2.31. The number of rotatable bonds is 3. The maximum absolute atomic E-state index is 5.60. The Labute approximate surface area is 126 Å². The predicted octanol–water partition coefficient (Wildman–Crippen LogP) is 3.96. The zero-order valence-electron chi connectivity index (χ0n) is 10.8. The fraction of sp³-hybridized carbons (Fsp3) is 0.0625. The molecule has 0 aliphatic carbocycles. The van der Waals surface area contributed by atoms with E-state index < -0.39 is 0 Å². The highest BCUT2D eigenvalue weighted by molar-refractivity contribution is 9.10. The molecule has 4 heteroatoms. The number of aromatic amines is 1. The summed E-state index contributed by atoms with van der Waals surface area (Å²) in [6.45, 7) is 0.558. The van der Waals surface area contributed by atoms with Gasteiger partial charge in [-0.15, -0.1) is 0 Å². The topological polar surface area (TPSA) is 54.7 Å². The molecule has 0 aliphatic rings. The number of H-pyrrole nitrogens is 1. The molecule has 1 aromatic heterocycles. The summed E-state index contributed by atoms with van der Waals surface area (Å²) in [5.74, 6) is 0.867. The van der Waals surface area contributed by atoms with Gasteiger partial charge in [-0.05, 0) is 23.3 Å². The van der Waals surface area contributed by atoms with Crippen LogP contribution in [0.25, 0.3) is 22.6 Å². The Morgan fingerprint density at radius 1 is 0.950 bits per heavy atom. The SMILES string of the molecule is NCc1ccc(-c2ncc(-c3ccc(Br)cc3)[nH]2)cc1.